The summed E-state index contributed by atoms with van der Waals surface area (Å²) in [6.07, 6.45) is 4.90. The molecule has 5 nitrogen and oxygen atoms in total. The van der Waals surface area contributed by atoms with Gasteiger partial charge < -0.3 is 15.3 Å². The van der Waals surface area contributed by atoms with Crippen LogP contribution in [0.3, 0.4) is 0 Å². The van der Waals surface area contributed by atoms with E-state index in [1.54, 1.807) is 19.0 Å². The van der Waals surface area contributed by atoms with Crippen LogP contribution in [0.5, 0.6) is 0 Å². The zero-order valence-electron chi connectivity index (χ0n) is 11.3. The smallest absolute Gasteiger partial charge is 0.306 e. The van der Waals surface area contributed by atoms with E-state index in [2.05, 4.69) is 5.32 Å². The molecule has 0 spiro atoms. The van der Waals surface area contributed by atoms with E-state index in [0.717, 1.165) is 38.6 Å². The first-order chi connectivity index (χ1) is 8.50. The monoisotopic (exact) mass is 256 g/mol. The Kier molecular flexibility index (Phi) is 6.12. The van der Waals surface area contributed by atoms with Crippen molar-refractivity contribution >= 4 is 11.9 Å². The van der Waals surface area contributed by atoms with Gasteiger partial charge >= 0.3 is 5.97 Å². The molecule has 0 aliphatic heterocycles. The largest absolute Gasteiger partial charge is 0.481 e. The molecule has 0 aromatic rings. The number of hydrogen-bond donors (Lipinski definition) is 2. The summed E-state index contributed by atoms with van der Waals surface area (Å²) in [5, 5.41) is 12.4. The number of aliphatic carboxylic acids is 1. The van der Waals surface area contributed by atoms with Crippen molar-refractivity contribution in [3.63, 3.8) is 0 Å². The van der Waals surface area contributed by atoms with Crippen molar-refractivity contribution in [3.05, 3.63) is 0 Å². The molecule has 2 atom stereocenters. The Balaban J connectivity index is 2.15. The summed E-state index contributed by atoms with van der Waals surface area (Å²) in [4.78, 5) is 23.9. The van der Waals surface area contributed by atoms with Gasteiger partial charge in [0.2, 0.25) is 5.91 Å². The molecule has 0 bridgehead atoms. The van der Waals surface area contributed by atoms with E-state index in [1.807, 2.05) is 0 Å². The lowest BCUT2D eigenvalue weighted by Gasteiger charge is -2.27. The molecule has 1 aliphatic rings. The number of carbonyl (C=O) groups is 2. The molecule has 1 aliphatic carbocycles. The number of amides is 1. The highest BCUT2D eigenvalue weighted by Gasteiger charge is 2.26. The van der Waals surface area contributed by atoms with Gasteiger partial charge in [-0.3, -0.25) is 9.59 Å². The summed E-state index contributed by atoms with van der Waals surface area (Å²) in [6, 6.07) is 0.300. The first kappa shape index (κ1) is 15.0. The van der Waals surface area contributed by atoms with Crippen molar-refractivity contribution < 1.29 is 14.7 Å². The van der Waals surface area contributed by atoms with Crippen LogP contribution in [-0.4, -0.2) is 48.6 Å². The van der Waals surface area contributed by atoms with Crippen molar-refractivity contribution in [1.29, 1.82) is 0 Å². The van der Waals surface area contributed by atoms with Crippen LogP contribution in [0, 0.1) is 5.92 Å². The van der Waals surface area contributed by atoms with Crippen molar-refractivity contribution in [2.75, 3.05) is 20.6 Å². The highest BCUT2D eigenvalue weighted by molar-refractivity contribution is 5.75. The van der Waals surface area contributed by atoms with Crippen molar-refractivity contribution in [3.8, 4) is 0 Å². The zero-order valence-corrected chi connectivity index (χ0v) is 11.3. The van der Waals surface area contributed by atoms with E-state index in [0.29, 0.717) is 12.5 Å². The molecule has 0 aromatic heterocycles. The van der Waals surface area contributed by atoms with Crippen LogP contribution in [0.2, 0.25) is 0 Å². The zero-order chi connectivity index (χ0) is 13.5. The van der Waals surface area contributed by atoms with Gasteiger partial charge in [-0.25, -0.2) is 0 Å². The van der Waals surface area contributed by atoms with Crippen LogP contribution >= 0.6 is 0 Å². The first-order valence-corrected chi connectivity index (χ1v) is 6.67. The van der Waals surface area contributed by atoms with Crippen molar-refractivity contribution in [1.82, 2.24) is 10.2 Å². The number of carboxylic acid groups (broad SMARTS) is 1. The minimum atomic E-state index is -0.677. The summed E-state index contributed by atoms with van der Waals surface area (Å²) in [5.41, 5.74) is 0. The van der Waals surface area contributed by atoms with Crippen LogP contribution in [0.1, 0.15) is 38.5 Å². The van der Waals surface area contributed by atoms with Gasteiger partial charge in [-0.1, -0.05) is 6.42 Å². The van der Waals surface area contributed by atoms with Crippen LogP contribution < -0.4 is 5.32 Å². The number of nitrogens with zero attached hydrogens (tertiary/aromatic N) is 1. The molecule has 2 unspecified atom stereocenters. The average molecular weight is 256 g/mol. The highest BCUT2D eigenvalue weighted by atomic mass is 16.4. The Morgan fingerprint density at radius 1 is 1.33 bits per heavy atom. The number of carbonyl (C=O) groups excluding carboxylic acids is 1. The first-order valence-electron chi connectivity index (χ1n) is 6.67. The van der Waals surface area contributed by atoms with Crippen molar-refractivity contribution in [2.24, 2.45) is 5.92 Å². The van der Waals surface area contributed by atoms with Gasteiger partial charge in [-0.05, 0) is 32.2 Å². The van der Waals surface area contributed by atoms with E-state index < -0.39 is 5.97 Å². The molecule has 104 valence electrons. The summed E-state index contributed by atoms with van der Waals surface area (Å²) in [7, 11) is 3.52. The fourth-order valence-corrected chi connectivity index (χ4v) is 2.37. The number of hydrogen-bond acceptors (Lipinski definition) is 3. The summed E-state index contributed by atoms with van der Waals surface area (Å²) >= 11 is 0. The molecule has 0 saturated heterocycles. The van der Waals surface area contributed by atoms with Gasteiger partial charge in [0.15, 0.2) is 0 Å². The Labute approximate surface area is 109 Å². The topological polar surface area (TPSA) is 69.6 Å². The van der Waals surface area contributed by atoms with Gasteiger partial charge in [0.1, 0.15) is 0 Å². The van der Waals surface area contributed by atoms with E-state index in [-0.39, 0.29) is 11.8 Å². The van der Waals surface area contributed by atoms with Gasteiger partial charge in [0, 0.05) is 26.6 Å². The quantitative estimate of drug-likeness (QED) is 0.698. The molecule has 1 rings (SSSR count). The lowest BCUT2D eigenvalue weighted by molar-refractivity contribution is -0.143. The van der Waals surface area contributed by atoms with Crippen LogP contribution in [0.15, 0.2) is 0 Å². The third-order valence-electron chi connectivity index (χ3n) is 3.52. The Morgan fingerprint density at radius 3 is 2.67 bits per heavy atom. The lowest BCUT2D eigenvalue weighted by atomic mass is 9.86. The summed E-state index contributed by atoms with van der Waals surface area (Å²) in [5.74, 6) is -0.729. The summed E-state index contributed by atoms with van der Waals surface area (Å²) < 4.78 is 0. The maximum Gasteiger partial charge on any atom is 0.306 e. The highest BCUT2D eigenvalue weighted by Crippen LogP contribution is 2.24. The summed E-state index contributed by atoms with van der Waals surface area (Å²) in [6.45, 7) is 0.788. The van der Waals surface area contributed by atoms with Crippen LogP contribution in [0.25, 0.3) is 0 Å². The fourth-order valence-electron chi connectivity index (χ4n) is 2.37. The second-order valence-electron chi connectivity index (χ2n) is 5.24. The Hall–Kier alpha value is -1.10. The van der Waals surface area contributed by atoms with Crippen LogP contribution in [0.4, 0.5) is 0 Å². The lowest BCUT2D eigenvalue weighted by Crippen LogP contribution is -2.37. The van der Waals surface area contributed by atoms with Crippen LogP contribution in [-0.2, 0) is 9.59 Å². The second kappa shape index (κ2) is 7.36. The molecule has 2 N–H and O–H groups in total. The number of nitrogens with one attached hydrogen (secondary N) is 1. The van der Waals surface area contributed by atoms with Gasteiger partial charge in [0.05, 0.1) is 5.92 Å². The van der Waals surface area contributed by atoms with E-state index in [4.69, 9.17) is 5.11 Å². The Bertz CT molecular complexity index is 292. The third kappa shape index (κ3) is 5.04. The molecular weight excluding hydrogens is 232 g/mol. The number of carboxylic acids is 1. The maximum absolute atomic E-state index is 11.4. The predicted molar refractivity (Wildman–Crippen MR) is 69.3 cm³/mol. The normalized spacial score (nSPS) is 23.7. The Morgan fingerprint density at radius 2 is 2.06 bits per heavy atom. The molecule has 0 aromatic carbocycles. The molecule has 18 heavy (non-hydrogen) atoms. The third-order valence-corrected chi connectivity index (χ3v) is 3.52. The standard InChI is InChI=1S/C13H24N2O3/c1-15(2)12(16)7-4-8-14-11-6-3-5-10(9-11)13(17)18/h10-11,14H,3-9H2,1-2H3,(H,17,18). The molecular formula is C13H24N2O3. The molecule has 1 fully saturated rings. The molecule has 1 amide bonds. The fraction of sp³-hybridized carbons (Fsp3) is 0.846. The van der Waals surface area contributed by atoms with E-state index in [9.17, 15) is 9.59 Å². The second-order valence-corrected chi connectivity index (χ2v) is 5.24. The van der Waals surface area contributed by atoms with Crippen molar-refractivity contribution in [2.45, 2.75) is 44.6 Å². The SMILES string of the molecule is CN(C)C(=O)CCCNC1CCCC(C(=O)O)C1. The molecule has 1 saturated carbocycles. The van der Waals surface area contributed by atoms with E-state index in [1.165, 1.54) is 0 Å². The molecule has 0 radical (unpaired) electrons. The average Bonchev–Trinajstić information content (AvgIpc) is 2.34. The maximum atomic E-state index is 11.4. The molecule has 5 heteroatoms. The van der Waals surface area contributed by atoms with E-state index >= 15 is 0 Å². The minimum absolute atomic E-state index is 0.142. The minimum Gasteiger partial charge on any atom is -0.481 e. The van der Waals surface area contributed by atoms with Gasteiger partial charge in [-0.15, -0.1) is 0 Å². The number of rotatable bonds is 6. The molecule has 0 heterocycles. The predicted octanol–water partition coefficient (Wildman–Crippen LogP) is 1.09. The van der Waals surface area contributed by atoms with Gasteiger partial charge in [0.25, 0.3) is 0 Å². The van der Waals surface area contributed by atoms with Gasteiger partial charge in [-0.2, -0.15) is 0 Å².